The summed E-state index contributed by atoms with van der Waals surface area (Å²) in [4.78, 5) is 4.66. The van der Waals surface area contributed by atoms with E-state index in [2.05, 4.69) is 16.7 Å². The van der Waals surface area contributed by atoms with Gasteiger partial charge < -0.3 is 4.90 Å². The van der Waals surface area contributed by atoms with Crippen molar-refractivity contribution in [2.45, 2.75) is 12.3 Å². The number of halogens is 3. The van der Waals surface area contributed by atoms with Gasteiger partial charge in [-0.3, -0.25) is 4.90 Å². The molecule has 106 valence electrons. The van der Waals surface area contributed by atoms with Gasteiger partial charge in [0.05, 0.1) is 5.38 Å². The number of piperazine rings is 1. The molecule has 1 unspecified atom stereocenters. The number of likely N-dealkylation sites (N-methyl/N-ethyl adjacent to an activating group) is 1. The van der Waals surface area contributed by atoms with Crippen LogP contribution >= 0.6 is 11.6 Å². The molecule has 1 aromatic rings. The maximum atomic E-state index is 13.2. The van der Waals surface area contributed by atoms with Crippen molar-refractivity contribution in [2.75, 3.05) is 39.3 Å². The standard InChI is InChI=1S/C14H19ClF2N2/c1-2-18-5-7-19(8-6-18)10-12(15)11-3-4-13(16)14(17)9-11/h3-4,9,12H,2,5-8,10H2,1H3. The molecule has 19 heavy (non-hydrogen) atoms. The summed E-state index contributed by atoms with van der Waals surface area (Å²) in [5.41, 5.74) is 0.637. The van der Waals surface area contributed by atoms with Gasteiger partial charge >= 0.3 is 0 Å². The van der Waals surface area contributed by atoms with Crippen LogP contribution in [0.15, 0.2) is 18.2 Å². The van der Waals surface area contributed by atoms with Crippen LogP contribution in [0, 0.1) is 11.6 Å². The van der Waals surface area contributed by atoms with Gasteiger partial charge in [-0.05, 0) is 24.2 Å². The van der Waals surface area contributed by atoms with E-state index in [1.807, 2.05) is 0 Å². The summed E-state index contributed by atoms with van der Waals surface area (Å²) in [5, 5.41) is -0.303. The van der Waals surface area contributed by atoms with Gasteiger partial charge in [0.1, 0.15) is 0 Å². The summed E-state index contributed by atoms with van der Waals surface area (Å²) in [6.07, 6.45) is 0. The van der Waals surface area contributed by atoms with E-state index in [4.69, 9.17) is 11.6 Å². The predicted molar refractivity (Wildman–Crippen MR) is 73.5 cm³/mol. The largest absolute Gasteiger partial charge is 0.301 e. The van der Waals surface area contributed by atoms with Crippen molar-refractivity contribution in [3.8, 4) is 0 Å². The summed E-state index contributed by atoms with van der Waals surface area (Å²) < 4.78 is 26.0. The van der Waals surface area contributed by atoms with Crippen LogP contribution in [0.2, 0.25) is 0 Å². The number of benzene rings is 1. The van der Waals surface area contributed by atoms with Crippen LogP contribution < -0.4 is 0 Å². The molecular weight excluding hydrogens is 270 g/mol. The highest BCUT2D eigenvalue weighted by atomic mass is 35.5. The van der Waals surface area contributed by atoms with Crippen LogP contribution in [0.4, 0.5) is 8.78 Å². The van der Waals surface area contributed by atoms with Crippen molar-refractivity contribution in [3.63, 3.8) is 0 Å². The lowest BCUT2D eigenvalue weighted by Crippen LogP contribution is -2.46. The number of alkyl halides is 1. The topological polar surface area (TPSA) is 6.48 Å². The second kappa shape index (κ2) is 6.64. The molecule has 5 heteroatoms. The lowest BCUT2D eigenvalue weighted by Gasteiger charge is -2.35. The molecular formula is C14H19ClF2N2. The van der Waals surface area contributed by atoms with Crippen molar-refractivity contribution in [1.82, 2.24) is 9.80 Å². The molecule has 0 aliphatic carbocycles. The molecule has 0 amide bonds. The molecule has 2 nitrogen and oxygen atoms in total. The maximum Gasteiger partial charge on any atom is 0.159 e. The quantitative estimate of drug-likeness (QED) is 0.786. The summed E-state index contributed by atoms with van der Waals surface area (Å²) in [5.74, 6) is -1.66. The maximum absolute atomic E-state index is 13.2. The van der Waals surface area contributed by atoms with Gasteiger partial charge in [-0.1, -0.05) is 13.0 Å². The first-order valence-corrected chi connectivity index (χ1v) is 7.07. The molecule has 1 saturated heterocycles. The van der Waals surface area contributed by atoms with Crippen LogP contribution in [0.25, 0.3) is 0 Å². The lowest BCUT2D eigenvalue weighted by molar-refractivity contribution is 0.137. The van der Waals surface area contributed by atoms with Crippen LogP contribution in [0.5, 0.6) is 0 Å². The van der Waals surface area contributed by atoms with Crippen LogP contribution in [0.1, 0.15) is 17.9 Å². The van der Waals surface area contributed by atoms with E-state index in [1.165, 1.54) is 6.07 Å². The van der Waals surface area contributed by atoms with E-state index >= 15 is 0 Å². The second-order valence-corrected chi connectivity index (χ2v) is 5.40. The molecule has 0 saturated carbocycles. The SMILES string of the molecule is CCN1CCN(CC(Cl)c2ccc(F)c(F)c2)CC1. The minimum Gasteiger partial charge on any atom is -0.301 e. The number of nitrogens with zero attached hydrogens (tertiary/aromatic N) is 2. The highest BCUT2D eigenvalue weighted by molar-refractivity contribution is 6.21. The molecule has 0 radical (unpaired) electrons. The Morgan fingerprint density at radius 2 is 1.74 bits per heavy atom. The Morgan fingerprint density at radius 1 is 1.11 bits per heavy atom. The minimum absolute atomic E-state index is 0.303. The van der Waals surface area contributed by atoms with E-state index in [-0.39, 0.29) is 5.38 Å². The van der Waals surface area contributed by atoms with Crippen LogP contribution in [-0.4, -0.2) is 49.1 Å². The van der Waals surface area contributed by atoms with E-state index in [9.17, 15) is 8.78 Å². The molecule has 1 aliphatic rings. The van der Waals surface area contributed by atoms with Gasteiger partial charge in [0.2, 0.25) is 0 Å². The molecule has 0 bridgehead atoms. The molecule has 1 atom stereocenters. The Hall–Kier alpha value is -0.710. The summed E-state index contributed by atoms with van der Waals surface area (Å²) >= 11 is 6.29. The fraction of sp³-hybridized carbons (Fsp3) is 0.571. The zero-order chi connectivity index (χ0) is 13.8. The third-order valence-electron chi connectivity index (χ3n) is 3.64. The lowest BCUT2D eigenvalue weighted by atomic mass is 10.1. The molecule has 0 spiro atoms. The number of hydrogen-bond donors (Lipinski definition) is 0. The average Bonchev–Trinajstić information content (AvgIpc) is 2.42. The second-order valence-electron chi connectivity index (χ2n) is 4.88. The fourth-order valence-corrected chi connectivity index (χ4v) is 2.66. The molecule has 1 fully saturated rings. The van der Waals surface area contributed by atoms with Gasteiger partial charge in [0.25, 0.3) is 0 Å². The Labute approximate surface area is 117 Å². The molecule has 2 rings (SSSR count). The normalized spacial score (nSPS) is 19.6. The Bertz CT molecular complexity index is 420. The smallest absolute Gasteiger partial charge is 0.159 e. The third-order valence-corrected chi connectivity index (χ3v) is 4.03. The number of hydrogen-bond acceptors (Lipinski definition) is 2. The molecule has 1 heterocycles. The monoisotopic (exact) mass is 288 g/mol. The van der Waals surface area contributed by atoms with Crippen LogP contribution in [0.3, 0.4) is 0 Å². The van der Waals surface area contributed by atoms with Gasteiger partial charge in [-0.15, -0.1) is 11.6 Å². The summed E-state index contributed by atoms with van der Waals surface area (Å²) in [7, 11) is 0. The van der Waals surface area contributed by atoms with Gasteiger partial charge in [0, 0.05) is 32.7 Å². The fourth-order valence-electron chi connectivity index (χ4n) is 2.33. The first-order valence-electron chi connectivity index (χ1n) is 6.64. The first kappa shape index (κ1) is 14.7. The predicted octanol–water partition coefficient (Wildman–Crippen LogP) is 2.88. The van der Waals surface area contributed by atoms with Crippen molar-refractivity contribution in [1.29, 1.82) is 0 Å². The Balaban J connectivity index is 1.90. The van der Waals surface area contributed by atoms with Crippen molar-refractivity contribution in [3.05, 3.63) is 35.4 Å². The molecule has 0 aromatic heterocycles. The van der Waals surface area contributed by atoms with E-state index < -0.39 is 11.6 Å². The Morgan fingerprint density at radius 3 is 2.32 bits per heavy atom. The zero-order valence-electron chi connectivity index (χ0n) is 11.1. The minimum atomic E-state index is -0.834. The first-order chi connectivity index (χ1) is 9.10. The number of rotatable bonds is 4. The molecule has 1 aromatic carbocycles. The van der Waals surface area contributed by atoms with Gasteiger partial charge in [-0.25, -0.2) is 8.78 Å². The summed E-state index contributed by atoms with van der Waals surface area (Å²) in [6.45, 7) is 7.92. The summed E-state index contributed by atoms with van der Waals surface area (Å²) in [6, 6.07) is 3.88. The van der Waals surface area contributed by atoms with Crippen molar-refractivity contribution >= 4 is 11.6 Å². The van der Waals surface area contributed by atoms with Crippen molar-refractivity contribution < 1.29 is 8.78 Å². The van der Waals surface area contributed by atoms with E-state index in [0.717, 1.165) is 38.8 Å². The van der Waals surface area contributed by atoms with Gasteiger partial charge in [-0.2, -0.15) is 0 Å². The van der Waals surface area contributed by atoms with Crippen molar-refractivity contribution in [2.24, 2.45) is 0 Å². The highest BCUT2D eigenvalue weighted by Crippen LogP contribution is 2.23. The third kappa shape index (κ3) is 3.88. The average molecular weight is 289 g/mol. The Kier molecular flexibility index (Phi) is 5.13. The van der Waals surface area contributed by atoms with Crippen LogP contribution in [-0.2, 0) is 0 Å². The van der Waals surface area contributed by atoms with E-state index in [0.29, 0.717) is 12.1 Å². The molecule has 1 aliphatic heterocycles. The molecule has 0 N–H and O–H groups in total. The highest BCUT2D eigenvalue weighted by Gasteiger charge is 2.19. The zero-order valence-corrected chi connectivity index (χ0v) is 11.8. The van der Waals surface area contributed by atoms with E-state index in [1.54, 1.807) is 6.07 Å². The van der Waals surface area contributed by atoms with Gasteiger partial charge in [0.15, 0.2) is 11.6 Å².